The molecule has 32 heavy (non-hydrogen) atoms. The van der Waals surface area contributed by atoms with Crippen molar-refractivity contribution in [2.24, 2.45) is 0 Å². The lowest BCUT2D eigenvalue weighted by molar-refractivity contribution is -0.448. The second-order valence-electron chi connectivity index (χ2n) is 9.94. The first-order valence-corrected chi connectivity index (χ1v) is 15.3. The third kappa shape index (κ3) is 3.56. The van der Waals surface area contributed by atoms with Crippen LogP contribution >= 0.6 is 15.8 Å². The topological polar surface area (TPSA) is 73.8 Å². The van der Waals surface area contributed by atoms with Crippen molar-refractivity contribution in [2.45, 2.75) is 86.6 Å². The molecule has 0 saturated carbocycles. The van der Waals surface area contributed by atoms with E-state index in [2.05, 4.69) is 13.3 Å². The second-order valence-corrected chi connectivity index (χ2v) is 14.9. The van der Waals surface area contributed by atoms with E-state index >= 15 is 0 Å². The number of methoxy groups -OCH3 is 4. The van der Waals surface area contributed by atoms with Crippen molar-refractivity contribution < 1.29 is 37.9 Å². The molecule has 4 fully saturated rings. The monoisotopic (exact) mass is 494 g/mol. The largest absolute Gasteiger partial charge is 0.349 e. The minimum absolute atomic E-state index is 0.0331. The molecule has 0 spiro atoms. The van der Waals surface area contributed by atoms with Crippen LogP contribution in [0.15, 0.2) is 0 Å². The molecule has 12 unspecified atom stereocenters. The first kappa shape index (κ1) is 25.6. The van der Waals surface area contributed by atoms with Crippen molar-refractivity contribution >= 4 is 15.8 Å². The maximum absolute atomic E-state index is 6.72. The van der Waals surface area contributed by atoms with Crippen LogP contribution in [0.2, 0.25) is 0 Å². The predicted octanol–water partition coefficient (Wildman–Crippen LogP) is 2.99. The van der Waals surface area contributed by atoms with E-state index < -0.39 is 23.1 Å². The summed E-state index contributed by atoms with van der Waals surface area (Å²) in [6.07, 6.45) is 1.71. The summed E-state index contributed by atoms with van der Waals surface area (Å²) >= 11 is 0. The van der Waals surface area contributed by atoms with E-state index in [1.165, 1.54) is 0 Å². The van der Waals surface area contributed by atoms with Crippen LogP contribution in [-0.2, 0) is 37.9 Å². The zero-order chi connectivity index (χ0) is 23.7. The van der Waals surface area contributed by atoms with Gasteiger partial charge in [0, 0.05) is 39.8 Å². The van der Waals surface area contributed by atoms with Gasteiger partial charge in [-0.05, 0) is 53.3 Å². The Morgan fingerprint density at radius 1 is 0.562 bits per heavy atom. The molecule has 0 bridgehead atoms. The first-order chi connectivity index (χ1) is 14.9. The lowest BCUT2D eigenvalue weighted by Crippen LogP contribution is -2.68. The molecule has 4 rings (SSSR count). The van der Waals surface area contributed by atoms with E-state index in [1.54, 1.807) is 28.4 Å². The summed E-state index contributed by atoms with van der Waals surface area (Å²) in [5.41, 5.74) is 0.627. The minimum atomic E-state index is -1.00. The Hall–Kier alpha value is 0.540. The van der Waals surface area contributed by atoms with Gasteiger partial charge in [-0.1, -0.05) is 0 Å². The highest BCUT2D eigenvalue weighted by Crippen LogP contribution is 2.65. The minimum Gasteiger partial charge on any atom is -0.349 e. The van der Waals surface area contributed by atoms with E-state index in [-0.39, 0.29) is 40.3 Å². The van der Waals surface area contributed by atoms with E-state index in [1.807, 2.05) is 27.7 Å². The van der Waals surface area contributed by atoms with Crippen LogP contribution < -0.4 is 0 Å². The highest BCUT2D eigenvalue weighted by atomic mass is 31.1. The fourth-order valence-electron chi connectivity index (χ4n) is 5.83. The molecule has 0 aromatic carbocycles. The van der Waals surface area contributed by atoms with Gasteiger partial charge in [0.15, 0.2) is 0 Å². The molecule has 4 heterocycles. The molecule has 4 aliphatic heterocycles. The van der Waals surface area contributed by atoms with Gasteiger partial charge in [0.05, 0.1) is 24.4 Å². The molecule has 4 aliphatic rings. The summed E-state index contributed by atoms with van der Waals surface area (Å²) in [7, 11) is 5.85. The highest BCUT2D eigenvalue weighted by molar-refractivity contribution is 7.62. The van der Waals surface area contributed by atoms with Gasteiger partial charge in [-0.15, -0.1) is 15.8 Å². The molecule has 8 nitrogen and oxygen atoms in total. The van der Waals surface area contributed by atoms with E-state index in [0.29, 0.717) is 11.3 Å². The van der Waals surface area contributed by atoms with Crippen molar-refractivity contribution in [1.82, 2.24) is 0 Å². The SMILES string of the molecule is COC1(C)OC2CP(C)C(C3C4OC(C)(OC)C(C)(OC)OC4CP3C)C2OC1(C)OC. The molecule has 0 aromatic rings. The smallest absolute Gasteiger partial charge is 0.220 e. The van der Waals surface area contributed by atoms with Gasteiger partial charge < -0.3 is 37.9 Å². The van der Waals surface area contributed by atoms with Gasteiger partial charge in [-0.3, -0.25) is 0 Å². The Bertz CT molecular complexity index is 657. The van der Waals surface area contributed by atoms with Gasteiger partial charge in [-0.2, -0.15) is 0 Å². The molecular weight excluding hydrogens is 454 g/mol. The van der Waals surface area contributed by atoms with Gasteiger partial charge in [-0.25, -0.2) is 0 Å². The summed E-state index contributed by atoms with van der Waals surface area (Å²) in [4.78, 5) is 0. The van der Waals surface area contributed by atoms with Crippen LogP contribution in [0.25, 0.3) is 0 Å². The van der Waals surface area contributed by atoms with Gasteiger partial charge in [0.2, 0.25) is 23.1 Å². The zero-order valence-electron chi connectivity index (χ0n) is 21.0. The van der Waals surface area contributed by atoms with Crippen LogP contribution in [0, 0.1) is 0 Å². The summed E-state index contributed by atoms with van der Waals surface area (Å²) in [6, 6.07) is 0. The normalized spacial score (nSPS) is 57.9. The van der Waals surface area contributed by atoms with Gasteiger partial charge in [0.1, 0.15) is 0 Å². The first-order valence-electron chi connectivity index (χ1n) is 11.2. The Morgan fingerprint density at radius 3 is 1.12 bits per heavy atom. The summed E-state index contributed by atoms with van der Waals surface area (Å²) < 4.78 is 49.6. The van der Waals surface area contributed by atoms with Gasteiger partial charge in [0.25, 0.3) is 0 Å². The number of hydrogen-bond donors (Lipinski definition) is 0. The Labute approximate surface area is 194 Å². The lowest BCUT2D eigenvalue weighted by atomic mass is 9.96. The molecule has 186 valence electrons. The van der Waals surface area contributed by atoms with Crippen LogP contribution in [-0.4, -0.2) is 113 Å². The van der Waals surface area contributed by atoms with E-state index in [4.69, 9.17) is 37.9 Å². The van der Waals surface area contributed by atoms with Crippen LogP contribution in [0.4, 0.5) is 0 Å². The van der Waals surface area contributed by atoms with E-state index in [9.17, 15) is 0 Å². The van der Waals surface area contributed by atoms with Crippen molar-refractivity contribution in [2.75, 3.05) is 54.1 Å². The van der Waals surface area contributed by atoms with E-state index in [0.717, 1.165) is 12.3 Å². The maximum Gasteiger partial charge on any atom is 0.220 e. The maximum atomic E-state index is 6.72. The zero-order valence-corrected chi connectivity index (χ0v) is 22.8. The fraction of sp³-hybridized carbons (Fsp3) is 1.00. The highest BCUT2D eigenvalue weighted by Gasteiger charge is 2.66. The number of rotatable bonds is 5. The quantitative estimate of drug-likeness (QED) is 0.541. The third-order valence-corrected chi connectivity index (χ3v) is 13.8. The molecule has 0 aliphatic carbocycles. The lowest BCUT2D eigenvalue weighted by Gasteiger charge is -2.53. The Balaban J connectivity index is 1.65. The van der Waals surface area contributed by atoms with Crippen molar-refractivity contribution in [3.8, 4) is 0 Å². The molecule has 4 saturated heterocycles. The Kier molecular flexibility index (Phi) is 6.87. The van der Waals surface area contributed by atoms with Crippen molar-refractivity contribution in [3.63, 3.8) is 0 Å². The molecule has 12 atom stereocenters. The summed E-state index contributed by atoms with van der Waals surface area (Å²) in [5, 5.41) is 0. The molecular formula is C22H40O8P2. The average Bonchev–Trinajstić information content (AvgIpc) is 3.21. The van der Waals surface area contributed by atoms with Gasteiger partial charge >= 0.3 is 0 Å². The second kappa shape index (κ2) is 8.58. The average molecular weight is 495 g/mol. The van der Waals surface area contributed by atoms with Crippen LogP contribution in [0.5, 0.6) is 0 Å². The molecule has 0 radical (unpaired) electrons. The van der Waals surface area contributed by atoms with Crippen molar-refractivity contribution in [1.29, 1.82) is 0 Å². The third-order valence-electron chi connectivity index (χ3n) is 8.39. The summed E-state index contributed by atoms with van der Waals surface area (Å²) in [5.74, 6) is -3.95. The Morgan fingerprint density at radius 2 is 0.844 bits per heavy atom. The standard InChI is InChI=1S/C22H40O8P2/c1-19(23-5)21(3,25-7)29-15-13(27-19)11-31(9)17(15)18-16-14(12-32(18)10)28-20(2,24-6)22(4,26-8)30-16/h13-18H,11-12H2,1-10H3. The summed E-state index contributed by atoms with van der Waals surface area (Å²) in [6.45, 7) is 12.3. The number of hydrogen-bond acceptors (Lipinski definition) is 8. The number of ether oxygens (including phenoxy) is 8. The molecule has 0 aromatic heterocycles. The van der Waals surface area contributed by atoms with Crippen molar-refractivity contribution in [3.05, 3.63) is 0 Å². The fourth-order valence-corrected chi connectivity index (χ4v) is 12.3. The molecule has 0 N–H and O–H groups in total. The molecule has 0 amide bonds. The van der Waals surface area contributed by atoms with Crippen LogP contribution in [0.1, 0.15) is 27.7 Å². The predicted molar refractivity (Wildman–Crippen MR) is 124 cm³/mol. The molecule has 10 heteroatoms. The van der Waals surface area contributed by atoms with Crippen LogP contribution in [0.3, 0.4) is 0 Å². The number of fused-ring (bicyclic) bond motifs is 2.